The average Bonchev–Trinajstić information content (AvgIpc) is 3.10. The number of ether oxygens (including phenoxy) is 1. The molecule has 0 saturated heterocycles. The number of terminal acetylenes is 1. The van der Waals surface area contributed by atoms with Gasteiger partial charge in [0.25, 0.3) is 0 Å². The van der Waals surface area contributed by atoms with Crippen molar-refractivity contribution in [3.05, 3.63) is 29.1 Å². The highest BCUT2D eigenvalue weighted by atomic mass is 19.4. The van der Waals surface area contributed by atoms with E-state index in [-0.39, 0.29) is 42.7 Å². The van der Waals surface area contributed by atoms with E-state index in [0.29, 0.717) is 25.3 Å². The summed E-state index contributed by atoms with van der Waals surface area (Å²) < 4.78 is 44.3. The maximum absolute atomic E-state index is 13.0. The monoisotopic (exact) mass is 393 g/mol. The van der Waals surface area contributed by atoms with Crippen molar-refractivity contribution in [2.24, 2.45) is 17.8 Å². The number of hydrogen-bond acceptors (Lipinski definition) is 5. The summed E-state index contributed by atoms with van der Waals surface area (Å²) in [5.74, 6) is -1.50. The van der Waals surface area contributed by atoms with Crippen LogP contribution in [0.2, 0.25) is 0 Å². The molecule has 2 fully saturated rings. The molecule has 1 aromatic rings. The van der Waals surface area contributed by atoms with Gasteiger partial charge in [0.15, 0.2) is 17.3 Å². The van der Waals surface area contributed by atoms with Gasteiger partial charge in [-0.05, 0) is 31.4 Å². The van der Waals surface area contributed by atoms with Gasteiger partial charge >= 0.3 is 6.18 Å². The van der Waals surface area contributed by atoms with Crippen molar-refractivity contribution in [2.75, 3.05) is 6.61 Å². The van der Waals surface area contributed by atoms with E-state index in [1.165, 1.54) is 0 Å². The zero-order valence-electron chi connectivity index (χ0n) is 14.9. The number of carbonyl (C=O) groups is 3. The molecule has 5 nitrogen and oxygen atoms in total. The molecule has 3 rings (SSSR count). The first kappa shape index (κ1) is 20.2. The second-order valence-electron chi connectivity index (χ2n) is 7.00. The minimum atomic E-state index is -4.70. The number of aromatic nitrogens is 1. The first-order valence-electron chi connectivity index (χ1n) is 8.94. The van der Waals surface area contributed by atoms with E-state index in [0.717, 1.165) is 6.07 Å². The number of hydrogen-bond donors (Lipinski definition) is 0. The molecule has 0 amide bonds. The molecule has 2 aliphatic carbocycles. The van der Waals surface area contributed by atoms with Gasteiger partial charge in [-0.1, -0.05) is 0 Å². The molecule has 1 aromatic heterocycles. The quantitative estimate of drug-likeness (QED) is 0.322. The van der Waals surface area contributed by atoms with Crippen molar-refractivity contribution in [1.82, 2.24) is 4.98 Å². The number of ketones is 3. The third-order valence-corrected chi connectivity index (χ3v) is 5.23. The van der Waals surface area contributed by atoms with E-state index >= 15 is 0 Å². The molecule has 0 spiro atoms. The highest BCUT2D eigenvalue weighted by Crippen LogP contribution is 2.41. The Morgan fingerprint density at radius 2 is 1.86 bits per heavy atom. The lowest BCUT2D eigenvalue weighted by Gasteiger charge is -2.25. The van der Waals surface area contributed by atoms with Crippen LogP contribution in [0.5, 0.6) is 0 Å². The Labute approximate surface area is 159 Å². The first-order chi connectivity index (χ1) is 13.2. The lowest BCUT2D eigenvalue weighted by molar-refractivity contribution is -0.141. The Balaban J connectivity index is 1.92. The number of halogens is 3. The summed E-state index contributed by atoms with van der Waals surface area (Å²) in [6.45, 7) is -0.303. The van der Waals surface area contributed by atoms with Crippen LogP contribution in [-0.2, 0) is 27.1 Å². The number of carbonyl (C=O) groups excluding carboxylic acids is 3. The van der Waals surface area contributed by atoms with Gasteiger partial charge < -0.3 is 4.74 Å². The lowest BCUT2D eigenvalue weighted by Crippen LogP contribution is -2.42. The van der Waals surface area contributed by atoms with Crippen LogP contribution in [0, 0.1) is 30.1 Å². The van der Waals surface area contributed by atoms with E-state index < -0.39 is 35.1 Å². The molecule has 2 saturated carbocycles. The molecule has 28 heavy (non-hydrogen) atoms. The van der Waals surface area contributed by atoms with Crippen LogP contribution in [0.1, 0.15) is 47.4 Å². The fraction of sp³-hybridized carbons (Fsp3) is 0.500. The predicted molar refractivity (Wildman–Crippen MR) is 91.0 cm³/mol. The summed E-state index contributed by atoms with van der Waals surface area (Å²) >= 11 is 0. The summed E-state index contributed by atoms with van der Waals surface area (Å²) in [4.78, 5) is 41.6. The summed E-state index contributed by atoms with van der Waals surface area (Å²) in [5.41, 5.74) is -1.63. The largest absolute Gasteiger partial charge is 0.433 e. The molecule has 0 aromatic carbocycles. The van der Waals surface area contributed by atoms with Crippen molar-refractivity contribution < 1.29 is 32.3 Å². The van der Waals surface area contributed by atoms with E-state index in [2.05, 4.69) is 10.9 Å². The predicted octanol–water partition coefficient (Wildman–Crippen LogP) is 3.01. The van der Waals surface area contributed by atoms with E-state index in [1.807, 2.05) is 0 Å². The average molecular weight is 393 g/mol. The Morgan fingerprint density at radius 3 is 2.43 bits per heavy atom. The van der Waals surface area contributed by atoms with Crippen molar-refractivity contribution in [2.45, 2.75) is 38.5 Å². The topological polar surface area (TPSA) is 73.3 Å². The van der Waals surface area contributed by atoms with Crippen molar-refractivity contribution in [1.29, 1.82) is 0 Å². The number of rotatable bonds is 6. The maximum atomic E-state index is 13.0. The highest BCUT2D eigenvalue weighted by Gasteiger charge is 2.50. The Kier molecular flexibility index (Phi) is 5.66. The second-order valence-corrected chi connectivity index (χ2v) is 7.00. The van der Waals surface area contributed by atoms with Gasteiger partial charge in [0.2, 0.25) is 0 Å². The normalized spacial score (nSPS) is 24.3. The third kappa shape index (κ3) is 3.85. The summed E-state index contributed by atoms with van der Waals surface area (Å²) in [6, 6.07) is 1.64. The zero-order valence-corrected chi connectivity index (χ0v) is 14.9. The highest BCUT2D eigenvalue weighted by molar-refractivity contribution is 6.26. The van der Waals surface area contributed by atoms with Crippen molar-refractivity contribution in [3.8, 4) is 12.3 Å². The fourth-order valence-corrected chi connectivity index (χ4v) is 3.82. The van der Waals surface area contributed by atoms with Crippen LogP contribution in [0.25, 0.3) is 0 Å². The van der Waals surface area contributed by atoms with Gasteiger partial charge in [-0.15, -0.1) is 12.3 Å². The summed E-state index contributed by atoms with van der Waals surface area (Å²) in [5, 5.41) is 0. The maximum Gasteiger partial charge on any atom is 0.433 e. The molecular weight excluding hydrogens is 375 g/mol. The zero-order chi connectivity index (χ0) is 20.5. The van der Waals surface area contributed by atoms with Crippen LogP contribution in [-0.4, -0.2) is 28.9 Å². The number of alkyl halides is 3. The van der Waals surface area contributed by atoms with Crippen LogP contribution < -0.4 is 0 Å². The van der Waals surface area contributed by atoms with Gasteiger partial charge in [-0.3, -0.25) is 14.4 Å². The van der Waals surface area contributed by atoms with Gasteiger partial charge in [-0.25, -0.2) is 4.98 Å². The number of pyridine rings is 1. The van der Waals surface area contributed by atoms with E-state index in [9.17, 15) is 27.6 Å². The lowest BCUT2D eigenvalue weighted by atomic mass is 9.75. The van der Waals surface area contributed by atoms with E-state index in [4.69, 9.17) is 11.2 Å². The number of fused-ring (bicyclic) bond motifs is 2. The number of nitrogens with zero attached hydrogens (tertiary/aromatic N) is 1. The molecule has 0 radical (unpaired) electrons. The number of Topliss-reactive ketones (excluding diaryl/α,β-unsaturated/α-hetero) is 3. The standard InChI is InChI=1S/C20H18F3NO4/c1-2-3-8-28-10-14-13(6-7-15(24-14)20(21,22)23)19(27)16-17(25)11-4-5-12(9-11)18(16)26/h1,6-7,11-12,16H,3-5,8-10H2. The Hall–Kier alpha value is -2.53. The minimum Gasteiger partial charge on any atom is -0.374 e. The molecule has 148 valence electrons. The second kappa shape index (κ2) is 7.84. The fourth-order valence-electron chi connectivity index (χ4n) is 3.82. The molecule has 8 heteroatoms. The van der Waals surface area contributed by atoms with Crippen molar-refractivity contribution in [3.63, 3.8) is 0 Å². The van der Waals surface area contributed by atoms with Gasteiger partial charge in [-0.2, -0.15) is 13.2 Å². The van der Waals surface area contributed by atoms with Crippen LogP contribution in [0.3, 0.4) is 0 Å². The molecule has 2 aliphatic rings. The smallest absolute Gasteiger partial charge is 0.374 e. The summed E-state index contributed by atoms with van der Waals surface area (Å²) in [6.07, 6.45) is 2.22. The first-order valence-corrected chi connectivity index (χ1v) is 8.94. The molecular formula is C20H18F3NO4. The van der Waals surface area contributed by atoms with Crippen LogP contribution in [0.4, 0.5) is 13.2 Å². The SMILES string of the molecule is C#CCCOCc1nc(C(F)(F)F)ccc1C(=O)C1C(=O)C2CCC(C2)C1=O. The van der Waals surface area contributed by atoms with Gasteiger partial charge in [0.1, 0.15) is 11.6 Å². The van der Waals surface area contributed by atoms with Crippen molar-refractivity contribution >= 4 is 17.3 Å². The van der Waals surface area contributed by atoms with Gasteiger partial charge in [0, 0.05) is 23.8 Å². The van der Waals surface area contributed by atoms with Crippen LogP contribution in [0.15, 0.2) is 12.1 Å². The molecule has 0 aliphatic heterocycles. The molecule has 1 heterocycles. The molecule has 2 atom stereocenters. The molecule has 0 N–H and O–H groups in total. The Bertz CT molecular complexity index is 834. The van der Waals surface area contributed by atoms with Gasteiger partial charge in [0.05, 0.1) is 18.9 Å². The minimum absolute atomic E-state index is 0.0769. The summed E-state index contributed by atoms with van der Waals surface area (Å²) in [7, 11) is 0. The van der Waals surface area contributed by atoms with Crippen LogP contribution >= 0.6 is 0 Å². The molecule has 2 bridgehead atoms. The van der Waals surface area contributed by atoms with E-state index in [1.54, 1.807) is 0 Å². The third-order valence-electron chi connectivity index (χ3n) is 5.23. The Morgan fingerprint density at radius 1 is 1.21 bits per heavy atom. The molecule has 2 unspecified atom stereocenters.